The topological polar surface area (TPSA) is 84.7 Å². The lowest BCUT2D eigenvalue weighted by Gasteiger charge is -2.37. The minimum Gasteiger partial charge on any atom is -0.463 e. The second kappa shape index (κ2) is 8.18. The van der Waals surface area contributed by atoms with Crippen LogP contribution in [0.2, 0.25) is 0 Å². The lowest BCUT2D eigenvalue weighted by atomic mass is 9.94. The van der Waals surface area contributed by atoms with Crippen LogP contribution in [0.4, 0.5) is 11.4 Å². The first kappa shape index (κ1) is 19.5. The number of carbonyl (C=O) groups excluding carboxylic acids is 1. The first-order valence-electron chi connectivity index (χ1n) is 8.72. The Balaban J connectivity index is 2.09. The number of hydrogen-bond donors (Lipinski definition) is 1. The van der Waals surface area contributed by atoms with Gasteiger partial charge in [0.15, 0.2) is 5.11 Å². The van der Waals surface area contributed by atoms with Gasteiger partial charge in [-0.05, 0) is 55.9 Å². The Kier molecular flexibility index (Phi) is 5.70. The molecule has 0 amide bonds. The van der Waals surface area contributed by atoms with Gasteiger partial charge in [0.25, 0.3) is 5.69 Å². The average Bonchev–Trinajstić information content (AvgIpc) is 2.68. The van der Waals surface area contributed by atoms with Crippen molar-refractivity contribution in [3.8, 4) is 0 Å². The Morgan fingerprint density at radius 2 is 1.86 bits per heavy atom. The molecule has 0 fully saturated rings. The standard InChI is InChI=1S/C20H19N3O4S/c1-3-27-19(24)17-13(2)22(15-7-5-4-6-8-15)20(28)21-18(17)14-9-11-16(12-10-14)23(25)26/h4-12,18H,3H2,1-2H3,(H,21,28)/t18-/m0/s1. The number of esters is 1. The first-order valence-corrected chi connectivity index (χ1v) is 9.12. The second-order valence-corrected chi connectivity index (χ2v) is 6.51. The normalized spacial score (nSPS) is 16.6. The third kappa shape index (κ3) is 3.72. The number of allylic oxidation sites excluding steroid dienone is 1. The molecule has 28 heavy (non-hydrogen) atoms. The van der Waals surface area contributed by atoms with Crippen molar-refractivity contribution in [2.75, 3.05) is 11.5 Å². The van der Waals surface area contributed by atoms with Gasteiger partial charge >= 0.3 is 5.97 Å². The molecule has 7 nitrogen and oxygen atoms in total. The molecule has 0 spiro atoms. The highest BCUT2D eigenvalue weighted by Gasteiger charge is 2.35. The molecule has 0 radical (unpaired) electrons. The van der Waals surface area contributed by atoms with Gasteiger partial charge in [-0.25, -0.2) is 4.79 Å². The van der Waals surface area contributed by atoms with Crippen LogP contribution in [0.3, 0.4) is 0 Å². The Labute approximate surface area is 167 Å². The largest absolute Gasteiger partial charge is 0.463 e. The number of carbonyl (C=O) groups is 1. The van der Waals surface area contributed by atoms with E-state index in [0.717, 1.165) is 5.69 Å². The highest BCUT2D eigenvalue weighted by atomic mass is 32.1. The third-order valence-corrected chi connectivity index (χ3v) is 4.73. The van der Waals surface area contributed by atoms with E-state index in [1.54, 1.807) is 24.0 Å². The molecule has 1 aliphatic rings. The number of nitrogens with zero attached hydrogens (tertiary/aromatic N) is 2. The van der Waals surface area contributed by atoms with Gasteiger partial charge < -0.3 is 10.1 Å². The van der Waals surface area contributed by atoms with E-state index < -0.39 is 16.9 Å². The lowest BCUT2D eigenvalue weighted by molar-refractivity contribution is -0.384. The fourth-order valence-electron chi connectivity index (χ4n) is 3.14. The molecule has 2 aromatic carbocycles. The summed E-state index contributed by atoms with van der Waals surface area (Å²) in [6, 6.07) is 14.9. The zero-order chi connectivity index (χ0) is 20.3. The summed E-state index contributed by atoms with van der Waals surface area (Å²) in [6.07, 6.45) is 0. The lowest BCUT2D eigenvalue weighted by Crippen LogP contribution is -2.48. The van der Waals surface area contributed by atoms with Crippen molar-refractivity contribution in [3.05, 3.63) is 81.5 Å². The van der Waals surface area contributed by atoms with E-state index in [1.165, 1.54) is 12.1 Å². The van der Waals surface area contributed by atoms with Crippen LogP contribution < -0.4 is 10.2 Å². The summed E-state index contributed by atoms with van der Waals surface area (Å²) in [5.41, 5.74) is 2.54. The molecular weight excluding hydrogens is 378 g/mol. The Morgan fingerprint density at radius 3 is 2.43 bits per heavy atom. The predicted octanol–water partition coefficient (Wildman–Crippen LogP) is 3.87. The van der Waals surface area contributed by atoms with E-state index in [9.17, 15) is 14.9 Å². The van der Waals surface area contributed by atoms with Crippen LogP contribution in [0.5, 0.6) is 0 Å². The molecule has 3 rings (SSSR count). The van der Waals surface area contributed by atoms with E-state index in [4.69, 9.17) is 17.0 Å². The van der Waals surface area contributed by atoms with Gasteiger partial charge in [-0.2, -0.15) is 0 Å². The second-order valence-electron chi connectivity index (χ2n) is 6.12. The number of rotatable bonds is 5. The summed E-state index contributed by atoms with van der Waals surface area (Å²) in [5, 5.41) is 14.5. The van der Waals surface area contributed by atoms with Crippen molar-refractivity contribution in [3.63, 3.8) is 0 Å². The molecule has 1 atom stereocenters. The maximum atomic E-state index is 12.8. The molecule has 0 saturated carbocycles. The molecule has 0 aromatic heterocycles. The van der Waals surface area contributed by atoms with E-state index in [1.807, 2.05) is 37.3 Å². The summed E-state index contributed by atoms with van der Waals surface area (Å²) in [4.78, 5) is 25.0. The summed E-state index contributed by atoms with van der Waals surface area (Å²) in [6.45, 7) is 3.79. The number of benzene rings is 2. The smallest absolute Gasteiger partial charge is 0.338 e. The molecule has 8 heteroatoms. The summed E-state index contributed by atoms with van der Waals surface area (Å²) in [5.74, 6) is -0.459. The number of nitrogens with one attached hydrogen (secondary N) is 1. The van der Waals surface area contributed by atoms with E-state index in [-0.39, 0.29) is 12.3 Å². The quantitative estimate of drug-likeness (QED) is 0.355. The molecule has 0 bridgehead atoms. The van der Waals surface area contributed by atoms with Crippen LogP contribution in [-0.2, 0) is 9.53 Å². The summed E-state index contributed by atoms with van der Waals surface area (Å²) >= 11 is 5.56. The van der Waals surface area contributed by atoms with Crippen molar-refractivity contribution in [2.24, 2.45) is 0 Å². The molecule has 0 aliphatic carbocycles. The summed E-state index contributed by atoms with van der Waals surface area (Å²) in [7, 11) is 0. The highest BCUT2D eigenvalue weighted by Crippen LogP contribution is 2.34. The fraction of sp³-hybridized carbons (Fsp3) is 0.200. The SMILES string of the molecule is CCOC(=O)C1=C(C)N(c2ccccc2)C(=S)N[C@H]1c1ccc([N+](=O)[O-])cc1. The molecule has 2 aromatic rings. The number of anilines is 1. The molecular formula is C20H19N3O4S. The van der Waals surface area contributed by atoms with Crippen LogP contribution in [0.15, 0.2) is 65.9 Å². The molecule has 0 saturated heterocycles. The summed E-state index contributed by atoms with van der Waals surface area (Å²) < 4.78 is 5.27. The monoisotopic (exact) mass is 397 g/mol. The van der Waals surface area contributed by atoms with Crippen LogP contribution in [0, 0.1) is 10.1 Å². The van der Waals surface area contributed by atoms with Gasteiger partial charge in [-0.15, -0.1) is 0 Å². The maximum absolute atomic E-state index is 12.8. The zero-order valence-electron chi connectivity index (χ0n) is 15.4. The maximum Gasteiger partial charge on any atom is 0.338 e. The van der Waals surface area contributed by atoms with E-state index in [2.05, 4.69) is 5.32 Å². The molecule has 1 N–H and O–H groups in total. The number of para-hydroxylation sites is 1. The van der Waals surface area contributed by atoms with Crippen LogP contribution in [0.1, 0.15) is 25.5 Å². The molecule has 1 heterocycles. The molecule has 144 valence electrons. The van der Waals surface area contributed by atoms with Gasteiger partial charge in [0.05, 0.1) is 23.1 Å². The fourth-order valence-corrected chi connectivity index (χ4v) is 3.50. The number of ether oxygens (including phenoxy) is 1. The third-order valence-electron chi connectivity index (χ3n) is 4.43. The van der Waals surface area contributed by atoms with Crippen molar-refractivity contribution in [2.45, 2.75) is 19.9 Å². The van der Waals surface area contributed by atoms with Gasteiger partial charge in [0.1, 0.15) is 0 Å². The van der Waals surface area contributed by atoms with Crippen molar-refractivity contribution in [1.82, 2.24) is 5.32 Å². The van der Waals surface area contributed by atoms with Crippen molar-refractivity contribution < 1.29 is 14.5 Å². The zero-order valence-corrected chi connectivity index (χ0v) is 16.2. The Morgan fingerprint density at radius 1 is 1.21 bits per heavy atom. The molecule has 0 unspecified atom stereocenters. The Hall–Kier alpha value is -3.26. The van der Waals surface area contributed by atoms with Crippen LogP contribution >= 0.6 is 12.2 Å². The van der Waals surface area contributed by atoms with Crippen LogP contribution in [0.25, 0.3) is 0 Å². The van der Waals surface area contributed by atoms with Gasteiger partial charge in [0.2, 0.25) is 0 Å². The number of hydrogen-bond acceptors (Lipinski definition) is 5. The van der Waals surface area contributed by atoms with Crippen molar-refractivity contribution in [1.29, 1.82) is 0 Å². The van der Waals surface area contributed by atoms with Gasteiger partial charge in [0, 0.05) is 23.5 Å². The molecule has 1 aliphatic heterocycles. The number of nitro benzene ring substituents is 1. The van der Waals surface area contributed by atoms with Gasteiger partial charge in [-0.1, -0.05) is 18.2 Å². The predicted molar refractivity (Wildman–Crippen MR) is 110 cm³/mol. The number of nitro groups is 1. The highest BCUT2D eigenvalue weighted by molar-refractivity contribution is 7.80. The first-order chi connectivity index (χ1) is 13.4. The Bertz CT molecular complexity index is 942. The number of non-ortho nitro benzene ring substituents is 1. The minimum atomic E-state index is -0.563. The van der Waals surface area contributed by atoms with Crippen molar-refractivity contribution >= 4 is 34.7 Å². The minimum absolute atomic E-state index is 0.0218. The van der Waals surface area contributed by atoms with Crippen LogP contribution in [-0.4, -0.2) is 22.6 Å². The average molecular weight is 397 g/mol. The van der Waals surface area contributed by atoms with E-state index >= 15 is 0 Å². The van der Waals surface area contributed by atoms with Gasteiger partial charge in [-0.3, -0.25) is 15.0 Å². The number of thiocarbonyl (C=S) groups is 1. The van der Waals surface area contributed by atoms with E-state index in [0.29, 0.717) is 21.9 Å².